The van der Waals surface area contributed by atoms with Crippen molar-refractivity contribution in [2.75, 3.05) is 0 Å². The van der Waals surface area contributed by atoms with Crippen molar-refractivity contribution in [2.24, 2.45) is 35.0 Å². The van der Waals surface area contributed by atoms with Gasteiger partial charge in [-0.3, -0.25) is 9.59 Å². The lowest BCUT2D eigenvalue weighted by molar-refractivity contribution is -0.257. The van der Waals surface area contributed by atoms with Crippen LogP contribution in [-0.2, 0) is 33.3 Å². The molecule has 0 amide bonds. The van der Waals surface area contributed by atoms with Crippen molar-refractivity contribution in [2.45, 2.75) is 89.8 Å². The molecule has 6 aliphatic rings. The van der Waals surface area contributed by atoms with Crippen LogP contribution in [0.1, 0.15) is 66.7 Å². The Morgan fingerprint density at radius 1 is 1.06 bits per heavy atom. The van der Waals surface area contributed by atoms with Gasteiger partial charge in [-0.1, -0.05) is 13.8 Å². The van der Waals surface area contributed by atoms with E-state index in [-0.39, 0.29) is 60.0 Å². The molecule has 0 bridgehead atoms. The van der Waals surface area contributed by atoms with Crippen LogP contribution in [0.5, 0.6) is 0 Å². The maximum atomic E-state index is 12.7. The first kappa shape index (κ1) is 23.2. The van der Waals surface area contributed by atoms with Crippen molar-refractivity contribution in [3.05, 3.63) is 23.5 Å². The average Bonchev–Trinajstić information content (AvgIpc) is 3.38. The molecule has 0 aromatic rings. The van der Waals surface area contributed by atoms with Gasteiger partial charge in [0.1, 0.15) is 11.4 Å². The number of aliphatic hydroxyl groups is 1. The highest BCUT2D eigenvalue weighted by Gasteiger charge is 2.77. The maximum absolute atomic E-state index is 12.7. The first-order valence-electron chi connectivity index (χ1n) is 12.8. The van der Waals surface area contributed by atoms with Crippen LogP contribution in [0.4, 0.5) is 0 Å². The molecule has 0 spiro atoms. The van der Waals surface area contributed by atoms with Crippen molar-refractivity contribution in [1.82, 2.24) is 0 Å². The molecule has 2 saturated carbocycles. The van der Waals surface area contributed by atoms with E-state index in [9.17, 15) is 19.5 Å². The number of cyclic esters (lactones) is 2. The third-order valence-corrected chi connectivity index (χ3v) is 10.1. The fourth-order valence-corrected chi connectivity index (χ4v) is 8.37. The van der Waals surface area contributed by atoms with E-state index in [4.69, 9.17) is 18.9 Å². The lowest BCUT2D eigenvalue weighted by Crippen LogP contribution is -2.50. The summed E-state index contributed by atoms with van der Waals surface area (Å²) in [6.45, 7) is 9.54. The summed E-state index contributed by atoms with van der Waals surface area (Å²) < 4.78 is 23.8. The maximum Gasteiger partial charge on any atom is 0.339 e. The SMILES string of the molecule is CC1=C/C(=C/[C@H](C)[C@@]23OC(=O)C[C@@]2(C)[C@H]2C[C@]4(O)C[C@@H]5C(=O)OC(C)(C)[C@@H]5CC[C@@H]4[C@H]2O3)OC1=O. The van der Waals surface area contributed by atoms with Gasteiger partial charge in [-0.25, -0.2) is 4.79 Å². The summed E-state index contributed by atoms with van der Waals surface area (Å²) in [5.41, 5.74) is -1.75. The van der Waals surface area contributed by atoms with E-state index < -0.39 is 22.4 Å². The minimum atomic E-state index is -1.20. The minimum Gasteiger partial charge on any atom is -0.459 e. The van der Waals surface area contributed by atoms with Crippen LogP contribution < -0.4 is 0 Å². The van der Waals surface area contributed by atoms with Crippen molar-refractivity contribution < 1.29 is 38.4 Å². The molecular weight excluding hydrogens is 452 g/mol. The second-order valence-corrected chi connectivity index (χ2v) is 12.4. The fraction of sp³-hybridized carbons (Fsp3) is 0.741. The lowest BCUT2D eigenvalue weighted by atomic mass is 9.66. The summed E-state index contributed by atoms with van der Waals surface area (Å²) in [7, 11) is 0. The highest BCUT2D eigenvalue weighted by molar-refractivity contribution is 5.92. The van der Waals surface area contributed by atoms with Gasteiger partial charge in [0.15, 0.2) is 0 Å². The number of rotatable bonds is 2. The quantitative estimate of drug-likeness (QED) is 0.468. The second kappa shape index (κ2) is 6.97. The topological polar surface area (TPSA) is 108 Å². The Morgan fingerprint density at radius 2 is 1.77 bits per heavy atom. The molecule has 8 heteroatoms. The molecule has 3 saturated heterocycles. The number of fused-ring (bicyclic) bond motifs is 6. The summed E-state index contributed by atoms with van der Waals surface area (Å²) in [6.07, 6.45) is 5.68. The highest BCUT2D eigenvalue weighted by atomic mass is 16.7. The standard InChI is InChI=1S/C27H34O8/c1-13-8-15(32-22(13)29)9-14(2)27-25(5,12-20(28)33-27)19-11-26(31)10-16-17(24(3,4)35-23(16)30)6-7-18(26)21(19)34-27/h8-9,14,16-19,21,31H,6-7,10-12H2,1-5H3/b15-9-/t14-,16-,17+,18+,19-,21+,25-,26+,27-/m0/s1. The van der Waals surface area contributed by atoms with Gasteiger partial charge in [0.2, 0.25) is 5.79 Å². The van der Waals surface area contributed by atoms with E-state index in [2.05, 4.69) is 0 Å². The van der Waals surface area contributed by atoms with E-state index in [1.165, 1.54) is 0 Å². The Balaban J connectivity index is 1.34. The molecule has 5 fully saturated rings. The van der Waals surface area contributed by atoms with Gasteiger partial charge in [0.25, 0.3) is 0 Å². The van der Waals surface area contributed by atoms with E-state index in [1.807, 2.05) is 27.7 Å². The molecule has 0 unspecified atom stereocenters. The number of esters is 3. The van der Waals surface area contributed by atoms with E-state index in [0.717, 1.165) is 6.42 Å². The number of carbonyl (C=O) groups is 3. The third-order valence-electron chi connectivity index (χ3n) is 10.1. The van der Waals surface area contributed by atoms with E-state index >= 15 is 0 Å². The molecule has 1 N–H and O–H groups in total. The molecule has 4 heterocycles. The number of hydrogen-bond donors (Lipinski definition) is 1. The largest absolute Gasteiger partial charge is 0.459 e. The van der Waals surface area contributed by atoms with Gasteiger partial charge < -0.3 is 24.1 Å². The third kappa shape index (κ3) is 2.95. The van der Waals surface area contributed by atoms with E-state index in [0.29, 0.717) is 30.6 Å². The fourth-order valence-electron chi connectivity index (χ4n) is 8.37. The zero-order valence-electron chi connectivity index (χ0n) is 21.0. The van der Waals surface area contributed by atoms with Gasteiger partial charge in [0.05, 0.1) is 24.0 Å². The Morgan fingerprint density at radius 3 is 2.46 bits per heavy atom. The highest BCUT2D eigenvalue weighted by Crippen LogP contribution is 2.69. The van der Waals surface area contributed by atoms with Gasteiger partial charge >= 0.3 is 17.9 Å². The van der Waals surface area contributed by atoms with Gasteiger partial charge in [-0.05, 0) is 58.6 Å². The van der Waals surface area contributed by atoms with E-state index in [1.54, 1.807) is 19.1 Å². The van der Waals surface area contributed by atoms with Crippen molar-refractivity contribution >= 4 is 17.9 Å². The van der Waals surface area contributed by atoms with Crippen molar-refractivity contribution in [3.63, 3.8) is 0 Å². The molecular formula is C27H34O8. The first-order valence-corrected chi connectivity index (χ1v) is 12.8. The summed E-state index contributed by atoms with van der Waals surface area (Å²) in [5, 5.41) is 12.0. The van der Waals surface area contributed by atoms with Crippen LogP contribution in [0.2, 0.25) is 0 Å². The lowest BCUT2D eigenvalue weighted by Gasteiger charge is -2.41. The van der Waals surface area contributed by atoms with Gasteiger partial charge in [-0.2, -0.15) is 0 Å². The number of carbonyl (C=O) groups excluding carboxylic acids is 3. The molecule has 0 aromatic carbocycles. The predicted octanol–water partition coefficient (Wildman–Crippen LogP) is 3.18. The Kier molecular flexibility index (Phi) is 4.63. The molecule has 8 nitrogen and oxygen atoms in total. The van der Waals surface area contributed by atoms with Gasteiger partial charge in [-0.15, -0.1) is 0 Å². The zero-order valence-corrected chi connectivity index (χ0v) is 21.0. The minimum absolute atomic E-state index is 0.0575. The first-order chi connectivity index (χ1) is 16.3. The van der Waals surface area contributed by atoms with Crippen LogP contribution in [0.25, 0.3) is 0 Å². The monoisotopic (exact) mass is 486 g/mol. The van der Waals surface area contributed by atoms with Crippen LogP contribution >= 0.6 is 0 Å². The summed E-state index contributed by atoms with van der Waals surface area (Å²) in [6, 6.07) is 0. The second-order valence-electron chi connectivity index (χ2n) is 12.4. The normalized spacial score (nSPS) is 49.4. The average molecular weight is 487 g/mol. The van der Waals surface area contributed by atoms with Crippen LogP contribution in [0, 0.1) is 35.0 Å². The van der Waals surface area contributed by atoms with Crippen molar-refractivity contribution in [3.8, 4) is 0 Å². The molecule has 9 atom stereocenters. The Hall–Kier alpha value is -2.19. The molecule has 0 radical (unpaired) electrons. The Bertz CT molecular complexity index is 1090. The molecule has 190 valence electrons. The molecule has 2 aliphatic carbocycles. The summed E-state index contributed by atoms with van der Waals surface area (Å²) in [4.78, 5) is 37.2. The molecule has 4 aliphatic heterocycles. The Labute approximate surface area is 205 Å². The number of hydrogen-bond acceptors (Lipinski definition) is 8. The molecule has 35 heavy (non-hydrogen) atoms. The van der Waals surface area contributed by atoms with Crippen molar-refractivity contribution in [1.29, 1.82) is 0 Å². The predicted molar refractivity (Wildman–Crippen MR) is 121 cm³/mol. The van der Waals surface area contributed by atoms with Crippen LogP contribution in [0.3, 0.4) is 0 Å². The van der Waals surface area contributed by atoms with Gasteiger partial charge in [0, 0.05) is 34.7 Å². The smallest absolute Gasteiger partial charge is 0.339 e. The number of ether oxygens (including phenoxy) is 4. The number of allylic oxidation sites excluding steroid dienone is 1. The summed E-state index contributed by atoms with van der Waals surface area (Å²) in [5.74, 6) is -2.61. The molecule has 0 aromatic heterocycles. The molecule has 6 rings (SSSR count). The van der Waals surface area contributed by atoms with Crippen LogP contribution in [-0.4, -0.2) is 46.1 Å². The zero-order chi connectivity index (χ0) is 25.1. The summed E-state index contributed by atoms with van der Waals surface area (Å²) >= 11 is 0. The van der Waals surface area contributed by atoms with Crippen LogP contribution in [0.15, 0.2) is 23.5 Å².